The Hall–Kier alpha value is -2.45. The van der Waals surface area contributed by atoms with Crippen molar-refractivity contribution in [1.29, 1.82) is 5.26 Å². The molecule has 0 unspecified atom stereocenters. The largest absolute Gasteiger partial charge is 0.326 e. The standard InChI is InChI=1S/C18H17FN2OS/c1-2-12-21(13-11-20)18(22)10-8-14-7-9-17(23-14)15-5-3-4-6-16(15)19/h3-10H,2,12-13H2,1H3/b10-8+. The van der Waals surface area contributed by atoms with Gasteiger partial charge in [0.25, 0.3) is 0 Å². The average molecular weight is 328 g/mol. The lowest BCUT2D eigenvalue weighted by atomic mass is 10.2. The number of carbonyl (C=O) groups excluding carboxylic acids is 1. The minimum atomic E-state index is -0.260. The maximum atomic E-state index is 13.8. The monoisotopic (exact) mass is 328 g/mol. The van der Waals surface area contributed by atoms with Gasteiger partial charge in [-0.05, 0) is 30.7 Å². The molecule has 1 amide bonds. The molecular weight excluding hydrogens is 311 g/mol. The zero-order chi connectivity index (χ0) is 16.7. The van der Waals surface area contributed by atoms with Gasteiger partial charge in [-0.2, -0.15) is 5.26 Å². The molecule has 0 N–H and O–H groups in total. The molecule has 23 heavy (non-hydrogen) atoms. The summed E-state index contributed by atoms with van der Waals surface area (Å²) in [5, 5.41) is 8.75. The van der Waals surface area contributed by atoms with Crippen molar-refractivity contribution in [3.05, 3.63) is 53.2 Å². The lowest BCUT2D eigenvalue weighted by Crippen LogP contribution is -2.30. The molecule has 1 heterocycles. The first-order valence-electron chi connectivity index (χ1n) is 7.34. The molecule has 1 aromatic heterocycles. The maximum absolute atomic E-state index is 13.8. The van der Waals surface area contributed by atoms with E-state index in [1.165, 1.54) is 28.4 Å². The second-order valence-corrected chi connectivity index (χ2v) is 6.05. The fourth-order valence-corrected chi connectivity index (χ4v) is 3.07. The van der Waals surface area contributed by atoms with Crippen molar-refractivity contribution in [1.82, 2.24) is 4.90 Å². The molecule has 2 aromatic rings. The summed E-state index contributed by atoms with van der Waals surface area (Å²) >= 11 is 1.42. The summed E-state index contributed by atoms with van der Waals surface area (Å²) in [4.78, 5) is 15.2. The number of halogens is 1. The number of nitrogens with zero attached hydrogens (tertiary/aromatic N) is 2. The lowest BCUT2D eigenvalue weighted by Gasteiger charge is -2.15. The quantitative estimate of drug-likeness (QED) is 0.585. The van der Waals surface area contributed by atoms with Crippen molar-refractivity contribution >= 4 is 23.3 Å². The molecule has 0 fully saturated rings. The number of hydrogen-bond acceptors (Lipinski definition) is 3. The molecule has 5 heteroatoms. The predicted octanol–water partition coefficient (Wildman–Crippen LogP) is 4.33. The number of carbonyl (C=O) groups is 1. The van der Waals surface area contributed by atoms with Crippen LogP contribution < -0.4 is 0 Å². The van der Waals surface area contributed by atoms with E-state index < -0.39 is 0 Å². The molecule has 1 aromatic carbocycles. The van der Waals surface area contributed by atoms with Crippen molar-refractivity contribution < 1.29 is 9.18 Å². The fraction of sp³-hybridized carbons (Fsp3) is 0.222. The molecule has 0 aliphatic heterocycles. The molecule has 0 saturated heterocycles. The molecule has 0 atom stereocenters. The highest BCUT2D eigenvalue weighted by Gasteiger charge is 2.09. The van der Waals surface area contributed by atoms with Crippen LogP contribution in [0.3, 0.4) is 0 Å². The first-order chi connectivity index (χ1) is 11.2. The van der Waals surface area contributed by atoms with E-state index in [2.05, 4.69) is 0 Å². The molecule has 2 rings (SSSR count). The Kier molecular flexibility index (Phi) is 6.07. The Morgan fingerprint density at radius 1 is 1.35 bits per heavy atom. The predicted molar refractivity (Wildman–Crippen MR) is 91.2 cm³/mol. The molecule has 0 radical (unpaired) electrons. The normalized spacial score (nSPS) is 10.7. The third-order valence-electron chi connectivity index (χ3n) is 3.22. The number of benzene rings is 1. The highest BCUT2D eigenvalue weighted by atomic mass is 32.1. The van der Waals surface area contributed by atoms with Crippen LogP contribution in [0, 0.1) is 17.1 Å². The molecule has 0 aliphatic rings. The van der Waals surface area contributed by atoms with Crippen molar-refractivity contribution in [2.45, 2.75) is 13.3 Å². The van der Waals surface area contributed by atoms with Gasteiger partial charge in [0.15, 0.2) is 0 Å². The van der Waals surface area contributed by atoms with Crippen molar-refractivity contribution in [3.8, 4) is 16.5 Å². The van der Waals surface area contributed by atoms with Crippen LogP contribution in [0.1, 0.15) is 18.2 Å². The third kappa shape index (κ3) is 4.51. The van der Waals surface area contributed by atoms with Gasteiger partial charge in [0.1, 0.15) is 12.4 Å². The van der Waals surface area contributed by atoms with E-state index in [9.17, 15) is 9.18 Å². The molecule has 118 valence electrons. The van der Waals surface area contributed by atoms with Gasteiger partial charge in [-0.15, -0.1) is 11.3 Å². The summed E-state index contributed by atoms with van der Waals surface area (Å²) in [6.07, 6.45) is 3.97. The van der Waals surface area contributed by atoms with E-state index in [4.69, 9.17) is 5.26 Å². The van der Waals surface area contributed by atoms with Gasteiger partial charge in [0.05, 0.1) is 6.07 Å². The van der Waals surface area contributed by atoms with Gasteiger partial charge in [-0.1, -0.05) is 25.1 Å². The lowest BCUT2D eigenvalue weighted by molar-refractivity contribution is -0.125. The Morgan fingerprint density at radius 2 is 2.13 bits per heavy atom. The number of hydrogen-bond donors (Lipinski definition) is 0. The van der Waals surface area contributed by atoms with Crippen LogP contribution in [0.15, 0.2) is 42.5 Å². The van der Waals surface area contributed by atoms with Crippen LogP contribution in [0.4, 0.5) is 4.39 Å². The summed E-state index contributed by atoms with van der Waals surface area (Å²) in [7, 11) is 0. The zero-order valence-corrected chi connectivity index (χ0v) is 13.6. The van der Waals surface area contributed by atoms with E-state index in [0.717, 1.165) is 16.2 Å². The van der Waals surface area contributed by atoms with Crippen LogP contribution >= 0.6 is 11.3 Å². The number of rotatable bonds is 6. The fourth-order valence-electron chi connectivity index (χ4n) is 2.13. The topological polar surface area (TPSA) is 44.1 Å². The van der Waals surface area contributed by atoms with Crippen LogP contribution in [0.5, 0.6) is 0 Å². The SMILES string of the molecule is CCCN(CC#N)C(=O)/C=C/c1ccc(-c2ccccc2F)s1. The van der Waals surface area contributed by atoms with Crippen LogP contribution in [-0.4, -0.2) is 23.9 Å². The van der Waals surface area contributed by atoms with Gasteiger partial charge in [-0.3, -0.25) is 4.79 Å². The number of thiophene rings is 1. The first kappa shape index (κ1) is 16.9. The van der Waals surface area contributed by atoms with Gasteiger partial charge < -0.3 is 4.90 Å². The Bertz CT molecular complexity index is 745. The van der Waals surface area contributed by atoms with Crippen molar-refractivity contribution in [3.63, 3.8) is 0 Å². The maximum Gasteiger partial charge on any atom is 0.247 e. The molecule has 0 aliphatic carbocycles. The Labute approximate surface area is 139 Å². The smallest absolute Gasteiger partial charge is 0.247 e. The van der Waals surface area contributed by atoms with Crippen molar-refractivity contribution in [2.24, 2.45) is 0 Å². The first-order valence-corrected chi connectivity index (χ1v) is 8.16. The van der Waals surface area contributed by atoms with Gasteiger partial charge in [0, 0.05) is 27.9 Å². The second kappa shape index (κ2) is 8.25. The zero-order valence-electron chi connectivity index (χ0n) is 12.8. The summed E-state index contributed by atoms with van der Waals surface area (Å²) in [6.45, 7) is 2.60. The Balaban J connectivity index is 2.11. The van der Waals surface area contributed by atoms with Crippen molar-refractivity contribution in [2.75, 3.05) is 13.1 Å². The summed E-state index contributed by atoms with van der Waals surface area (Å²) in [5.74, 6) is -0.446. The van der Waals surface area contributed by atoms with E-state index in [-0.39, 0.29) is 18.3 Å². The molecule has 0 spiro atoms. The minimum absolute atomic E-state index is 0.0852. The highest BCUT2D eigenvalue weighted by Crippen LogP contribution is 2.30. The van der Waals surface area contributed by atoms with Gasteiger partial charge in [0.2, 0.25) is 5.91 Å². The number of amides is 1. The van der Waals surface area contributed by atoms with Crippen LogP contribution in [0.25, 0.3) is 16.5 Å². The molecule has 0 saturated carbocycles. The molecular formula is C18H17FN2OS. The second-order valence-electron chi connectivity index (χ2n) is 4.93. The van der Waals surface area contributed by atoms with Crippen LogP contribution in [0.2, 0.25) is 0 Å². The van der Waals surface area contributed by atoms with E-state index in [1.807, 2.05) is 25.1 Å². The summed E-state index contributed by atoms with van der Waals surface area (Å²) < 4.78 is 13.8. The summed E-state index contributed by atoms with van der Waals surface area (Å²) in [6, 6.07) is 12.3. The summed E-state index contributed by atoms with van der Waals surface area (Å²) in [5.41, 5.74) is 0.556. The van der Waals surface area contributed by atoms with E-state index >= 15 is 0 Å². The van der Waals surface area contributed by atoms with Gasteiger partial charge >= 0.3 is 0 Å². The minimum Gasteiger partial charge on any atom is -0.326 e. The van der Waals surface area contributed by atoms with Gasteiger partial charge in [-0.25, -0.2) is 4.39 Å². The third-order valence-corrected chi connectivity index (χ3v) is 4.31. The molecule has 3 nitrogen and oxygen atoms in total. The highest BCUT2D eigenvalue weighted by molar-refractivity contribution is 7.16. The molecule has 0 bridgehead atoms. The van der Waals surface area contributed by atoms with Crippen LogP contribution in [-0.2, 0) is 4.79 Å². The Morgan fingerprint density at radius 3 is 2.83 bits per heavy atom. The van der Waals surface area contributed by atoms with E-state index in [0.29, 0.717) is 12.1 Å². The van der Waals surface area contributed by atoms with E-state index in [1.54, 1.807) is 24.3 Å². The number of nitriles is 1. The average Bonchev–Trinajstić information content (AvgIpc) is 3.01.